The Kier molecular flexibility index (Phi) is 12.8. The van der Waals surface area contributed by atoms with Gasteiger partial charge in [0.2, 0.25) is 12.0 Å². The molecule has 1 N–H and O–H groups in total. The van der Waals surface area contributed by atoms with Gasteiger partial charge in [-0.15, -0.1) is 0 Å². The number of ether oxygens (including phenoxy) is 6. The van der Waals surface area contributed by atoms with Crippen molar-refractivity contribution < 1.29 is 66.3 Å². The number of carbonyl (C=O) groups excluding carboxylic acids is 5. The van der Waals surface area contributed by atoms with Crippen LogP contribution in [0.15, 0.2) is 99.6 Å². The molecule has 0 spiro atoms. The molecule has 2 bridgehead atoms. The zero-order chi connectivity index (χ0) is 48.3. The Morgan fingerprint density at radius 2 is 1.52 bits per heavy atom. The summed E-state index contributed by atoms with van der Waals surface area (Å²) in [5.41, 5.74) is -6.02. The van der Waals surface area contributed by atoms with Gasteiger partial charge in [0.15, 0.2) is 31.8 Å². The second-order valence-corrected chi connectivity index (χ2v) is 24.0. The van der Waals surface area contributed by atoms with E-state index in [1.54, 1.807) is 82.3 Å². The second kappa shape index (κ2) is 17.9. The molecule has 3 aliphatic carbocycles. The molecule has 1 saturated heterocycles. The Morgan fingerprint density at radius 3 is 2.09 bits per heavy atom. The van der Waals surface area contributed by atoms with Gasteiger partial charge in [-0.1, -0.05) is 71.0 Å². The summed E-state index contributed by atoms with van der Waals surface area (Å²) in [5, 5.41) is 14.1. The van der Waals surface area contributed by atoms with E-state index in [4.69, 9.17) is 42.3 Å². The van der Waals surface area contributed by atoms with Crippen molar-refractivity contribution in [1.82, 2.24) is 0 Å². The van der Waals surface area contributed by atoms with Gasteiger partial charge in [0.1, 0.15) is 29.7 Å². The summed E-state index contributed by atoms with van der Waals surface area (Å²) in [5.74, 6) is -4.64. The summed E-state index contributed by atoms with van der Waals surface area (Å²) in [6, 6.07) is 21.8. The molecule has 16 heteroatoms. The molecule has 8 rings (SSSR count). The molecule has 2 saturated carbocycles. The second-order valence-electron chi connectivity index (χ2n) is 19.3. The van der Waals surface area contributed by atoms with Crippen LogP contribution in [-0.4, -0.2) is 103 Å². The predicted molar refractivity (Wildman–Crippen MR) is 244 cm³/mol. The maximum absolute atomic E-state index is 16.3. The molecule has 1 aromatic heterocycles. The van der Waals surface area contributed by atoms with E-state index in [-0.39, 0.29) is 30.1 Å². The van der Waals surface area contributed by atoms with Crippen molar-refractivity contribution in [1.29, 1.82) is 0 Å². The minimum absolute atomic E-state index is 0.109. The summed E-state index contributed by atoms with van der Waals surface area (Å²) in [6.45, 7) is 15.1. The van der Waals surface area contributed by atoms with Gasteiger partial charge in [0.05, 0.1) is 35.9 Å². The van der Waals surface area contributed by atoms with Gasteiger partial charge in [-0.2, -0.15) is 0 Å². The van der Waals surface area contributed by atoms with Gasteiger partial charge in [0.25, 0.3) is 0 Å². The first kappa shape index (κ1) is 48.0. The SMILES string of the molecule is CC[Si](CC)(CC)OC1CC2OCC2(OC(C)=O)C2C(OC(=O)c3ccccc3)C3(O)CC(OC(=O)[C@@H]4OC(c5ccccc5)=N[C@H]4c4ccco4)C(C)=C(C(OC(C)=O)C(=O)[C@]12C)C3(C)C. The van der Waals surface area contributed by atoms with Crippen molar-refractivity contribution >= 4 is 43.9 Å². The Morgan fingerprint density at radius 1 is 0.866 bits per heavy atom. The quantitative estimate of drug-likeness (QED) is 0.0770. The average molecular weight is 940 g/mol. The zero-order valence-electron chi connectivity index (χ0n) is 39.6. The van der Waals surface area contributed by atoms with Crippen LogP contribution in [0, 0.1) is 16.7 Å². The fourth-order valence-corrected chi connectivity index (χ4v) is 14.6. The van der Waals surface area contributed by atoms with E-state index in [2.05, 4.69) is 20.8 Å². The molecule has 67 heavy (non-hydrogen) atoms. The summed E-state index contributed by atoms with van der Waals surface area (Å²) in [6.07, 6.45) is -6.67. The van der Waals surface area contributed by atoms with Crippen LogP contribution in [0.4, 0.5) is 0 Å². The lowest BCUT2D eigenvalue weighted by Gasteiger charge is -2.68. The van der Waals surface area contributed by atoms with Crippen LogP contribution in [0.3, 0.4) is 0 Å². The third-order valence-corrected chi connectivity index (χ3v) is 20.3. The van der Waals surface area contributed by atoms with Gasteiger partial charge in [-0.3, -0.25) is 14.4 Å². The average Bonchev–Trinajstić information content (AvgIpc) is 4.01. The van der Waals surface area contributed by atoms with Gasteiger partial charge in [-0.25, -0.2) is 14.6 Å². The van der Waals surface area contributed by atoms with Crippen LogP contribution >= 0.6 is 0 Å². The van der Waals surface area contributed by atoms with E-state index in [1.807, 2.05) is 18.2 Å². The predicted octanol–water partition coefficient (Wildman–Crippen LogP) is 7.41. The largest absolute Gasteiger partial charge is 0.467 e. The van der Waals surface area contributed by atoms with Gasteiger partial charge in [0, 0.05) is 37.7 Å². The number of esters is 4. The highest BCUT2D eigenvalue weighted by Crippen LogP contribution is 2.65. The third-order valence-electron chi connectivity index (χ3n) is 15.6. The molecule has 0 radical (unpaired) electrons. The Bertz CT molecular complexity index is 2440. The number of fused-ring (bicyclic) bond motifs is 5. The van der Waals surface area contributed by atoms with E-state index in [1.165, 1.54) is 20.1 Å². The normalized spacial score (nSPS) is 33.0. The molecule has 8 unspecified atom stereocenters. The zero-order valence-corrected chi connectivity index (χ0v) is 40.6. The Labute approximate surface area is 391 Å². The van der Waals surface area contributed by atoms with E-state index in [0.717, 1.165) is 0 Å². The van der Waals surface area contributed by atoms with Crippen molar-refractivity contribution in [3.05, 3.63) is 107 Å². The Balaban J connectivity index is 1.33. The van der Waals surface area contributed by atoms with E-state index < -0.39 is 115 Å². The number of hydrogen-bond donors (Lipinski definition) is 1. The molecule has 2 aromatic carbocycles. The monoisotopic (exact) mass is 939 g/mol. The maximum Gasteiger partial charge on any atom is 0.350 e. The first-order chi connectivity index (χ1) is 31.8. The van der Waals surface area contributed by atoms with E-state index in [9.17, 15) is 24.3 Å². The lowest BCUT2D eigenvalue weighted by Crippen LogP contribution is -2.82. The van der Waals surface area contributed by atoms with Gasteiger partial charge >= 0.3 is 23.9 Å². The number of aliphatic imine (C=N–C) groups is 1. The van der Waals surface area contributed by atoms with Crippen LogP contribution in [-0.2, 0) is 52.0 Å². The van der Waals surface area contributed by atoms with Crippen molar-refractivity contribution in [2.45, 2.75) is 147 Å². The number of nitrogens with zero attached hydrogens (tertiary/aromatic N) is 1. The first-order valence-corrected chi connectivity index (χ1v) is 25.8. The molecule has 3 aromatic rings. The Hall–Kier alpha value is -5.42. The number of hydrogen-bond acceptors (Lipinski definition) is 15. The molecule has 358 valence electrons. The first-order valence-electron chi connectivity index (χ1n) is 23.2. The lowest BCUT2D eigenvalue weighted by atomic mass is 9.44. The minimum Gasteiger partial charge on any atom is -0.467 e. The molecule has 3 heterocycles. The fourth-order valence-electron chi connectivity index (χ4n) is 11.7. The molecule has 11 atom stereocenters. The fraction of sp³-hybridized carbons (Fsp3) is 0.529. The molecular weight excluding hydrogens is 879 g/mol. The van der Waals surface area contributed by atoms with Crippen molar-refractivity contribution in [2.24, 2.45) is 21.7 Å². The van der Waals surface area contributed by atoms with Crippen LogP contribution in [0.1, 0.15) is 103 Å². The number of carbonyl (C=O) groups is 5. The molecule has 0 amide bonds. The van der Waals surface area contributed by atoms with Crippen molar-refractivity contribution in [2.75, 3.05) is 6.61 Å². The summed E-state index contributed by atoms with van der Waals surface area (Å²) in [4.78, 5) is 77.3. The number of aliphatic hydroxyl groups is 1. The number of benzene rings is 2. The van der Waals surface area contributed by atoms with Crippen LogP contribution in [0.25, 0.3) is 0 Å². The molecule has 15 nitrogen and oxygen atoms in total. The molecule has 5 aliphatic rings. The number of rotatable bonds is 13. The van der Waals surface area contributed by atoms with Crippen molar-refractivity contribution in [3.8, 4) is 0 Å². The van der Waals surface area contributed by atoms with Crippen LogP contribution < -0.4 is 0 Å². The summed E-state index contributed by atoms with van der Waals surface area (Å²) >= 11 is 0. The smallest absolute Gasteiger partial charge is 0.350 e. The van der Waals surface area contributed by atoms with Crippen LogP contribution in [0.2, 0.25) is 18.1 Å². The van der Waals surface area contributed by atoms with E-state index >= 15 is 4.79 Å². The van der Waals surface area contributed by atoms with Crippen LogP contribution in [0.5, 0.6) is 0 Å². The standard InChI is InChI=1S/C51H61NO14Si/c1-10-67(11-2,12-3)66-36-26-37-50(28-60-37,65-31(6)54)42-44(64-46(56)33-22-17-14-18-23-33)51(58)27-35(29(4)38(48(51,7)8)40(61-30(5)53)43(55)49(36,42)9)62-47(57)41-39(34-24-19-25-59-34)52-45(63-41)32-20-15-13-16-21-32/h13-25,35-37,39-42,44,58H,10-12,26-28H2,1-9H3/t35?,36?,37?,39-,40?,41+,42?,44?,49+,50?,51?/m0/s1. The molecule has 2 aliphatic heterocycles. The minimum atomic E-state index is -2.61. The maximum atomic E-state index is 16.3. The summed E-state index contributed by atoms with van der Waals surface area (Å²) in [7, 11) is -2.61. The topological polar surface area (TPSA) is 196 Å². The molecule has 3 fully saturated rings. The highest BCUT2D eigenvalue weighted by atomic mass is 28.4. The highest BCUT2D eigenvalue weighted by Gasteiger charge is 2.79. The number of Topliss-reactive ketones (excluding diaryl/α,β-unsaturated/α-hetero) is 1. The van der Waals surface area contributed by atoms with Crippen molar-refractivity contribution in [3.63, 3.8) is 0 Å². The third kappa shape index (κ3) is 7.86. The molecular formula is C51H61NO14Si. The number of furan rings is 1. The van der Waals surface area contributed by atoms with E-state index in [0.29, 0.717) is 35.0 Å². The van der Waals surface area contributed by atoms with Gasteiger partial charge < -0.3 is 42.4 Å². The van der Waals surface area contributed by atoms with Gasteiger partial charge in [-0.05, 0) is 79.5 Å². The number of ketones is 1. The summed E-state index contributed by atoms with van der Waals surface area (Å²) < 4.78 is 51.3. The highest BCUT2D eigenvalue weighted by molar-refractivity contribution is 6.73. The lowest BCUT2D eigenvalue weighted by molar-refractivity contribution is -0.344.